The van der Waals surface area contributed by atoms with Crippen LogP contribution in [-0.4, -0.2) is 31.2 Å². The number of aromatic nitrogens is 1. The lowest BCUT2D eigenvalue weighted by atomic mass is 10.2. The van der Waals surface area contributed by atoms with Gasteiger partial charge in [0, 0.05) is 19.8 Å². The Kier molecular flexibility index (Phi) is 5.15. The molecule has 0 fully saturated rings. The summed E-state index contributed by atoms with van der Waals surface area (Å²) in [4.78, 5) is 8.62. The van der Waals surface area contributed by atoms with Gasteiger partial charge >= 0.3 is 0 Å². The lowest BCUT2D eigenvalue weighted by molar-refractivity contribution is 0.171. The van der Waals surface area contributed by atoms with Crippen LogP contribution >= 0.6 is 0 Å². The first-order valence-electron chi connectivity index (χ1n) is 8.00. The molecule has 0 saturated heterocycles. The maximum atomic E-state index is 5.61. The smallest absolute Gasteiger partial charge is 0.191 e. The molecule has 6 nitrogen and oxygen atoms in total. The summed E-state index contributed by atoms with van der Waals surface area (Å²) in [7, 11) is 1.75. The molecular formula is C18H22N4O2. The van der Waals surface area contributed by atoms with Crippen LogP contribution in [-0.2, 0) is 13.1 Å². The number of fused-ring (bicyclic) bond motifs is 1. The summed E-state index contributed by atoms with van der Waals surface area (Å²) in [6.07, 6.45) is 1.80. The first kappa shape index (κ1) is 16.1. The standard InChI is InChI=1S/C18H22N4O2/c1-13-4-3-7-20-15(13)12-22-18(19-2)21-11-14-5-6-16-17(10-14)24-9-8-23-16/h3-7,10H,8-9,11-12H2,1-2H3,(H2,19,21,22). The Labute approximate surface area is 141 Å². The normalized spacial score (nSPS) is 13.5. The molecule has 2 aromatic rings. The van der Waals surface area contributed by atoms with Gasteiger partial charge in [-0.3, -0.25) is 9.98 Å². The molecule has 1 aliphatic rings. The predicted octanol–water partition coefficient (Wildman–Crippen LogP) is 2.03. The Morgan fingerprint density at radius 1 is 1.12 bits per heavy atom. The first-order valence-corrected chi connectivity index (χ1v) is 8.00. The number of hydrogen-bond acceptors (Lipinski definition) is 4. The first-order chi connectivity index (χ1) is 11.8. The Bertz CT molecular complexity index is 731. The molecule has 0 unspecified atom stereocenters. The minimum absolute atomic E-state index is 0.594. The number of nitrogens with one attached hydrogen (secondary N) is 2. The minimum atomic E-state index is 0.594. The highest BCUT2D eigenvalue weighted by molar-refractivity contribution is 5.79. The summed E-state index contributed by atoms with van der Waals surface area (Å²) in [5, 5.41) is 6.58. The van der Waals surface area contributed by atoms with Crippen molar-refractivity contribution >= 4 is 5.96 Å². The zero-order valence-electron chi connectivity index (χ0n) is 14.0. The molecule has 0 aliphatic carbocycles. The highest BCUT2D eigenvalue weighted by Gasteiger charge is 2.11. The van der Waals surface area contributed by atoms with E-state index in [1.54, 1.807) is 13.2 Å². The van der Waals surface area contributed by atoms with Gasteiger partial charge in [0.1, 0.15) is 13.2 Å². The number of hydrogen-bond donors (Lipinski definition) is 2. The van der Waals surface area contributed by atoms with Crippen molar-refractivity contribution in [3.63, 3.8) is 0 Å². The highest BCUT2D eigenvalue weighted by Crippen LogP contribution is 2.30. The fourth-order valence-electron chi connectivity index (χ4n) is 2.48. The van der Waals surface area contributed by atoms with Crippen LogP contribution in [0.2, 0.25) is 0 Å². The number of pyridine rings is 1. The lowest BCUT2D eigenvalue weighted by Gasteiger charge is -2.19. The molecule has 0 amide bonds. The summed E-state index contributed by atoms with van der Waals surface area (Å²) in [5.74, 6) is 2.33. The fraction of sp³-hybridized carbons (Fsp3) is 0.333. The Morgan fingerprint density at radius 2 is 1.92 bits per heavy atom. The molecule has 0 radical (unpaired) electrons. The number of ether oxygens (including phenoxy) is 2. The van der Waals surface area contributed by atoms with E-state index >= 15 is 0 Å². The van der Waals surface area contributed by atoms with Gasteiger partial charge in [-0.2, -0.15) is 0 Å². The van der Waals surface area contributed by atoms with Crippen molar-refractivity contribution in [3.8, 4) is 11.5 Å². The fourth-order valence-corrected chi connectivity index (χ4v) is 2.48. The summed E-state index contributed by atoms with van der Waals surface area (Å²) >= 11 is 0. The highest BCUT2D eigenvalue weighted by atomic mass is 16.6. The SMILES string of the molecule is CN=C(NCc1ccc2c(c1)OCCO2)NCc1ncccc1C. The van der Waals surface area contributed by atoms with Gasteiger partial charge in [0.15, 0.2) is 17.5 Å². The number of aryl methyl sites for hydroxylation is 1. The second-order valence-electron chi connectivity index (χ2n) is 5.52. The molecular weight excluding hydrogens is 304 g/mol. The monoisotopic (exact) mass is 326 g/mol. The molecule has 2 heterocycles. The van der Waals surface area contributed by atoms with Gasteiger partial charge in [-0.1, -0.05) is 12.1 Å². The quantitative estimate of drug-likeness (QED) is 0.665. The number of guanidine groups is 1. The number of benzene rings is 1. The van der Waals surface area contributed by atoms with Gasteiger partial charge in [-0.25, -0.2) is 0 Å². The van der Waals surface area contributed by atoms with Crippen molar-refractivity contribution in [3.05, 3.63) is 53.3 Å². The van der Waals surface area contributed by atoms with Gasteiger partial charge in [-0.15, -0.1) is 0 Å². The van der Waals surface area contributed by atoms with E-state index in [4.69, 9.17) is 9.47 Å². The lowest BCUT2D eigenvalue weighted by Crippen LogP contribution is -2.36. The van der Waals surface area contributed by atoms with Crippen LogP contribution in [0.5, 0.6) is 11.5 Å². The second kappa shape index (κ2) is 7.68. The van der Waals surface area contributed by atoms with Crippen molar-refractivity contribution in [1.29, 1.82) is 0 Å². The van der Waals surface area contributed by atoms with E-state index in [9.17, 15) is 0 Å². The van der Waals surface area contributed by atoms with E-state index < -0.39 is 0 Å². The molecule has 1 aliphatic heterocycles. The molecule has 24 heavy (non-hydrogen) atoms. The van der Waals surface area contributed by atoms with E-state index in [1.807, 2.05) is 24.3 Å². The maximum Gasteiger partial charge on any atom is 0.191 e. The molecule has 2 N–H and O–H groups in total. The van der Waals surface area contributed by atoms with Gasteiger partial charge in [0.25, 0.3) is 0 Å². The number of aliphatic imine (C=N–C) groups is 1. The van der Waals surface area contributed by atoms with E-state index in [-0.39, 0.29) is 0 Å². The van der Waals surface area contributed by atoms with Crippen LogP contribution in [0.4, 0.5) is 0 Å². The summed E-state index contributed by atoms with van der Waals surface area (Å²) in [5.41, 5.74) is 3.28. The van der Waals surface area contributed by atoms with Gasteiger partial charge < -0.3 is 20.1 Å². The largest absolute Gasteiger partial charge is 0.486 e. The molecule has 0 atom stereocenters. The van der Waals surface area contributed by atoms with Crippen molar-refractivity contribution in [2.24, 2.45) is 4.99 Å². The second-order valence-corrected chi connectivity index (χ2v) is 5.52. The molecule has 1 aromatic heterocycles. The van der Waals surface area contributed by atoms with Gasteiger partial charge in [-0.05, 0) is 36.2 Å². The van der Waals surface area contributed by atoms with Crippen LogP contribution in [0, 0.1) is 6.92 Å². The van der Waals surface area contributed by atoms with Crippen molar-refractivity contribution in [1.82, 2.24) is 15.6 Å². The number of nitrogens with zero attached hydrogens (tertiary/aromatic N) is 2. The van der Waals surface area contributed by atoms with Crippen LogP contribution in [0.25, 0.3) is 0 Å². The molecule has 126 valence electrons. The summed E-state index contributed by atoms with van der Waals surface area (Å²) in [6, 6.07) is 9.95. The average Bonchev–Trinajstić information content (AvgIpc) is 2.63. The van der Waals surface area contributed by atoms with Crippen LogP contribution < -0.4 is 20.1 Å². The van der Waals surface area contributed by atoms with Gasteiger partial charge in [0.05, 0.1) is 12.2 Å². The summed E-state index contributed by atoms with van der Waals surface area (Å²) < 4.78 is 11.1. The van der Waals surface area contributed by atoms with Crippen LogP contribution in [0.3, 0.4) is 0 Å². The average molecular weight is 326 g/mol. The topological polar surface area (TPSA) is 67.8 Å². The van der Waals surface area contributed by atoms with E-state index in [0.717, 1.165) is 34.3 Å². The maximum absolute atomic E-state index is 5.61. The Balaban J connectivity index is 1.55. The zero-order valence-corrected chi connectivity index (χ0v) is 14.0. The van der Waals surface area contributed by atoms with E-state index in [1.165, 1.54) is 0 Å². The minimum Gasteiger partial charge on any atom is -0.486 e. The van der Waals surface area contributed by atoms with Crippen molar-refractivity contribution < 1.29 is 9.47 Å². The molecule has 3 rings (SSSR count). The third kappa shape index (κ3) is 3.95. The van der Waals surface area contributed by atoms with E-state index in [0.29, 0.717) is 26.3 Å². The zero-order chi connectivity index (χ0) is 16.8. The third-order valence-corrected chi connectivity index (χ3v) is 3.83. The predicted molar refractivity (Wildman–Crippen MR) is 93.4 cm³/mol. The van der Waals surface area contributed by atoms with E-state index in [2.05, 4.69) is 33.6 Å². The summed E-state index contributed by atoms with van der Waals surface area (Å²) in [6.45, 7) is 4.53. The Hall–Kier alpha value is -2.76. The van der Waals surface area contributed by atoms with Crippen molar-refractivity contribution in [2.75, 3.05) is 20.3 Å². The number of rotatable bonds is 4. The molecule has 1 aromatic carbocycles. The van der Waals surface area contributed by atoms with Gasteiger partial charge in [0.2, 0.25) is 0 Å². The third-order valence-electron chi connectivity index (χ3n) is 3.83. The molecule has 0 saturated carbocycles. The van der Waals surface area contributed by atoms with Crippen LogP contribution in [0.1, 0.15) is 16.8 Å². The molecule has 0 bridgehead atoms. The van der Waals surface area contributed by atoms with Crippen LogP contribution in [0.15, 0.2) is 41.5 Å². The Morgan fingerprint density at radius 3 is 2.71 bits per heavy atom. The van der Waals surface area contributed by atoms with Crippen molar-refractivity contribution in [2.45, 2.75) is 20.0 Å². The molecule has 0 spiro atoms. The molecule has 6 heteroatoms.